The summed E-state index contributed by atoms with van der Waals surface area (Å²) in [5, 5.41) is 0. The van der Waals surface area contributed by atoms with Crippen molar-refractivity contribution in [2.45, 2.75) is 46.0 Å². The van der Waals surface area contributed by atoms with E-state index in [1.54, 1.807) is 13.0 Å². The van der Waals surface area contributed by atoms with Gasteiger partial charge in [-0.3, -0.25) is 9.59 Å². The summed E-state index contributed by atoms with van der Waals surface area (Å²) < 4.78 is 5.01. The first-order chi connectivity index (χ1) is 9.90. The fourth-order valence-electron chi connectivity index (χ4n) is 4.45. The number of methoxy groups -OCH3 is 1. The van der Waals surface area contributed by atoms with Crippen molar-refractivity contribution < 1.29 is 14.3 Å². The van der Waals surface area contributed by atoms with E-state index in [9.17, 15) is 9.59 Å². The first-order valence-corrected chi connectivity index (χ1v) is 7.84. The molecule has 2 unspecified atom stereocenters. The highest BCUT2D eigenvalue weighted by atomic mass is 16.5. The highest BCUT2D eigenvalue weighted by Crippen LogP contribution is 2.57. The molecular formula is C18H26O3. The first kappa shape index (κ1) is 16.0. The molecule has 0 aliphatic heterocycles. The number of esters is 1. The van der Waals surface area contributed by atoms with Crippen LogP contribution in [0.2, 0.25) is 0 Å². The molecule has 3 heteroatoms. The van der Waals surface area contributed by atoms with Crippen LogP contribution in [-0.4, -0.2) is 18.9 Å². The van der Waals surface area contributed by atoms with Gasteiger partial charge < -0.3 is 4.74 Å². The van der Waals surface area contributed by atoms with E-state index in [1.807, 2.05) is 6.08 Å². The summed E-state index contributed by atoms with van der Waals surface area (Å²) in [6, 6.07) is 0. The van der Waals surface area contributed by atoms with Gasteiger partial charge in [-0.05, 0) is 50.0 Å². The van der Waals surface area contributed by atoms with Gasteiger partial charge in [0, 0.05) is 5.92 Å². The Morgan fingerprint density at radius 2 is 2.10 bits per heavy atom. The Kier molecular flexibility index (Phi) is 4.70. The molecule has 2 aliphatic carbocycles. The average Bonchev–Trinajstić information content (AvgIpc) is 2.44. The standard InChI is InChI=1S/C18H26O3/c1-12-7-9-16-14(17(20)21-4)6-5-11-18(16,3)15(12)10-8-13(2)19/h8,10,14-16H,1,5-7,9,11H2,2-4H3/b10-8+/t14-,15?,16?,18-/m0/s1. The fraction of sp³-hybridized carbons (Fsp3) is 0.667. The predicted octanol–water partition coefficient (Wildman–Crippen LogP) is 3.69. The van der Waals surface area contributed by atoms with Gasteiger partial charge >= 0.3 is 5.97 Å². The maximum Gasteiger partial charge on any atom is 0.308 e. The Balaban J connectivity index is 2.32. The number of carbonyl (C=O) groups is 2. The fourth-order valence-corrected chi connectivity index (χ4v) is 4.45. The molecule has 2 saturated carbocycles. The van der Waals surface area contributed by atoms with Crippen LogP contribution in [-0.2, 0) is 14.3 Å². The molecule has 0 amide bonds. The van der Waals surface area contributed by atoms with E-state index < -0.39 is 0 Å². The number of fused-ring (bicyclic) bond motifs is 1. The van der Waals surface area contributed by atoms with Crippen LogP contribution in [0.3, 0.4) is 0 Å². The Morgan fingerprint density at radius 3 is 2.71 bits per heavy atom. The molecule has 0 radical (unpaired) electrons. The van der Waals surface area contributed by atoms with Gasteiger partial charge in [0.25, 0.3) is 0 Å². The van der Waals surface area contributed by atoms with Crippen LogP contribution in [0.25, 0.3) is 0 Å². The van der Waals surface area contributed by atoms with Crippen LogP contribution < -0.4 is 0 Å². The molecule has 3 nitrogen and oxygen atoms in total. The summed E-state index contributed by atoms with van der Waals surface area (Å²) in [6.07, 6.45) is 8.63. The summed E-state index contributed by atoms with van der Waals surface area (Å²) >= 11 is 0. The van der Waals surface area contributed by atoms with Crippen LogP contribution in [0.15, 0.2) is 24.3 Å². The van der Waals surface area contributed by atoms with Crippen molar-refractivity contribution in [1.82, 2.24) is 0 Å². The highest BCUT2D eigenvalue weighted by Gasteiger charge is 2.51. The molecule has 0 bridgehead atoms. The van der Waals surface area contributed by atoms with E-state index in [2.05, 4.69) is 13.5 Å². The van der Waals surface area contributed by atoms with Crippen molar-refractivity contribution in [2.24, 2.45) is 23.2 Å². The van der Waals surface area contributed by atoms with Gasteiger partial charge in [-0.2, -0.15) is 0 Å². The van der Waals surface area contributed by atoms with Crippen LogP contribution in [0, 0.1) is 23.2 Å². The van der Waals surface area contributed by atoms with Gasteiger partial charge in [-0.15, -0.1) is 0 Å². The van der Waals surface area contributed by atoms with Gasteiger partial charge in [0.15, 0.2) is 5.78 Å². The second-order valence-corrected chi connectivity index (χ2v) is 6.78. The Hall–Kier alpha value is -1.38. The van der Waals surface area contributed by atoms with E-state index in [1.165, 1.54) is 12.7 Å². The zero-order valence-electron chi connectivity index (χ0n) is 13.4. The lowest BCUT2D eigenvalue weighted by atomic mass is 9.51. The van der Waals surface area contributed by atoms with Crippen molar-refractivity contribution in [2.75, 3.05) is 7.11 Å². The number of carbonyl (C=O) groups excluding carboxylic acids is 2. The van der Waals surface area contributed by atoms with Crippen LogP contribution in [0.5, 0.6) is 0 Å². The quantitative estimate of drug-likeness (QED) is 0.452. The number of rotatable bonds is 3. The van der Waals surface area contributed by atoms with Crippen molar-refractivity contribution in [3.05, 3.63) is 24.3 Å². The van der Waals surface area contributed by atoms with Gasteiger partial charge in [-0.25, -0.2) is 0 Å². The zero-order chi connectivity index (χ0) is 15.6. The molecule has 0 aromatic heterocycles. The normalized spacial score (nSPS) is 36.3. The van der Waals surface area contributed by atoms with Gasteiger partial charge in [-0.1, -0.05) is 31.6 Å². The molecule has 0 heterocycles. The lowest BCUT2D eigenvalue weighted by Gasteiger charge is -2.53. The average molecular weight is 290 g/mol. The Labute approximate surface area is 127 Å². The molecule has 0 spiro atoms. The zero-order valence-corrected chi connectivity index (χ0v) is 13.4. The van der Waals surface area contributed by atoms with Crippen molar-refractivity contribution in [3.8, 4) is 0 Å². The SMILES string of the molecule is C=C1CCC2[C@@H](C(=O)OC)CCC[C@@]2(C)C1/C=C/C(C)=O. The minimum absolute atomic E-state index is 0.00456. The summed E-state index contributed by atoms with van der Waals surface area (Å²) in [6.45, 7) is 8.05. The Bertz CT molecular complexity index is 477. The van der Waals surface area contributed by atoms with Gasteiger partial charge in [0.1, 0.15) is 0 Å². The predicted molar refractivity (Wildman–Crippen MR) is 82.6 cm³/mol. The molecule has 2 fully saturated rings. The lowest BCUT2D eigenvalue weighted by molar-refractivity contribution is -0.153. The van der Waals surface area contributed by atoms with E-state index in [4.69, 9.17) is 4.74 Å². The van der Waals surface area contributed by atoms with Gasteiger partial charge in [0.05, 0.1) is 13.0 Å². The molecule has 0 saturated heterocycles. The third-order valence-electron chi connectivity index (χ3n) is 5.52. The first-order valence-electron chi connectivity index (χ1n) is 7.84. The number of ether oxygens (including phenoxy) is 1. The number of ketones is 1. The summed E-state index contributed by atoms with van der Waals surface area (Å²) in [7, 11) is 1.48. The van der Waals surface area contributed by atoms with Crippen LogP contribution >= 0.6 is 0 Å². The monoisotopic (exact) mass is 290 g/mol. The molecule has 116 valence electrons. The van der Waals surface area contributed by atoms with E-state index in [-0.39, 0.29) is 29.0 Å². The highest BCUT2D eigenvalue weighted by molar-refractivity contribution is 5.87. The van der Waals surface area contributed by atoms with Crippen LogP contribution in [0.4, 0.5) is 0 Å². The van der Waals surface area contributed by atoms with E-state index in [0.717, 1.165) is 32.1 Å². The lowest BCUT2D eigenvalue weighted by Crippen LogP contribution is -2.47. The van der Waals surface area contributed by atoms with E-state index >= 15 is 0 Å². The van der Waals surface area contributed by atoms with E-state index in [0.29, 0.717) is 5.92 Å². The maximum absolute atomic E-state index is 12.1. The Morgan fingerprint density at radius 1 is 1.38 bits per heavy atom. The summed E-state index contributed by atoms with van der Waals surface area (Å²) in [5.74, 6) is 0.495. The molecule has 0 aromatic rings. The topological polar surface area (TPSA) is 43.4 Å². The van der Waals surface area contributed by atoms with Crippen molar-refractivity contribution in [3.63, 3.8) is 0 Å². The molecule has 0 N–H and O–H groups in total. The molecule has 4 atom stereocenters. The second kappa shape index (κ2) is 6.17. The summed E-state index contributed by atoms with van der Waals surface area (Å²) in [5.41, 5.74) is 1.20. The smallest absolute Gasteiger partial charge is 0.308 e. The van der Waals surface area contributed by atoms with Crippen LogP contribution in [0.1, 0.15) is 46.0 Å². The third-order valence-corrected chi connectivity index (χ3v) is 5.52. The maximum atomic E-state index is 12.1. The molecule has 0 aromatic carbocycles. The molecule has 2 rings (SSSR count). The van der Waals surface area contributed by atoms with Crippen molar-refractivity contribution in [1.29, 1.82) is 0 Å². The minimum atomic E-state index is -0.0762. The molecular weight excluding hydrogens is 264 g/mol. The number of allylic oxidation sites excluding steroid dienone is 3. The second-order valence-electron chi connectivity index (χ2n) is 6.78. The largest absolute Gasteiger partial charge is 0.469 e. The van der Waals surface area contributed by atoms with Gasteiger partial charge in [0.2, 0.25) is 0 Å². The molecule has 2 aliphatic rings. The van der Waals surface area contributed by atoms with Crippen molar-refractivity contribution >= 4 is 11.8 Å². The number of hydrogen-bond donors (Lipinski definition) is 0. The summed E-state index contributed by atoms with van der Waals surface area (Å²) in [4.78, 5) is 23.4. The molecule has 21 heavy (non-hydrogen) atoms. The minimum Gasteiger partial charge on any atom is -0.469 e. The number of hydrogen-bond acceptors (Lipinski definition) is 3. The third kappa shape index (κ3) is 2.97.